The van der Waals surface area contributed by atoms with Crippen LogP contribution in [0.1, 0.15) is 108 Å². The van der Waals surface area contributed by atoms with Crippen molar-refractivity contribution in [2.24, 2.45) is 37.9 Å². The summed E-state index contributed by atoms with van der Waals surface area (Å²) in [7, 11) is 11.8. The lowest BCUT2D eigenvalue weighted by molar-refractivity contribution is 0.0270. The first kappa shape index (κ1) is 100. The molecule has 28 nitrogen and oxygen atoms in total. The zero-order valence-electron chi connectivity index (χ0n) is 86.2. The molecule has 0 spiro atoms. The molecule has 0 unspecified atom stereocenters. The number of hydrogen-bond donors (Lipinski definition) is 2. The smallest absolute Gasteiger partial charge is 0.261 e. The highest BCUT2D eigenvalue weighted by atomic mass is 35.5. The molecule has 150 heavy (non-hydrogen) atoms. The van der Waals surface area contributed by atoms with Crippen molar-refractivity contribution in [3.8, 4) is 69.1 Å². The van der Waals surface area contributed by atoms with Gasteiger partial charge in [0.15, 0.2) is 0 Å². The lowest BCUT2D eigenvalue weighted by Crippen LogP contribution is -2.44. The highest BCUT2D eigenvalue weighted by Gasteiger charge is 2.46. The fourth-order valence-electron chi connectivity index (χ4n) is 25.1. The van der Waals surface area contributed by atoms with Crippen LogP contribution in [0, 0.1) is 51.0 Å². The Kier molecular flexibility index (Phi) is 27.6. The maximum Gasteiger partial charge on any atom is 0.261 e. The van der Waals surface area contributed by atoms with E-state index in [0.29, 0.717) is 167 Å². The maximum absolute atomic E-state index is 14.0. The van der Waals surface area contributed by atoms with Crippen molar-refractivity contribution in [2.45, 2.75) is 159 Å². The molecule has 13 aliphatic rings. The number of benzene rings is 10. The number of aromatic nitrogens is 10. The third-order valence-corrected chi connectivity index (χ3v) is 34.2. The number of nitriles is 2. The van der Waals surface area contributed by atoms with Gasteiger partial charge in [-0.05, 0) is 268 Å². The number of piperidine rings is 1. The number of likely N-dealkylation sites (N-methyl/N-ethyl adjacent to an activating group) is 3. The minimum absolute atomic E-state index is 0.0294. The van der Waals surface area contributed by atoms with Gasteiger partial charge < -0.3 is 39.6 Å². The summed E-state index contributed by atoms with van der Waals surface area (Å²) in [6.45, 7) is 16.2. The van der Waals surface area contributed by atoms with Crippen molar-refractivity contribution in [2.75, 3.05) is 131 Å². The molecule has 11 aliphatic heterocycles. The molecule has 16 heterocycles. The van der Waals surface area contributed by atoms with E-state index in [1.807, 2.05) is 129 Å². The van der Waals surface area contributed by atoms with E-state index in [0.717, 1.165) is 161 Å². The molecule has 5 aromatic heterocycles. The fourth-order valence-corrected chi connectivity index (χ4v) is 25.3. The van der Waals surface area contributed by atoms with Gasteiger partial charge in [0.25, 0.3) is 27.8 Å². The quantitative estimate of drug-likeness (QED) is 0.0908. The second-order valence-corrected chi connectivity index (χ2v) is 44.6. The summed E-state index contributed by atoms with van der Waals surface area (Å²) in [6, 6.07) is 73.1. The molecule has 2 N–H and O–H groups in total. The first-order valence-corrected chi connectivity index (χ1v) is 53.2. The molecule has 11 saturated heterocycles. The lowest BCUT2D eigenvalue weighted by atomic mass is 9.69. The topological polar surface area (TPSA) is 292 Å². The number of anilines is 5. The number of halogens is 3. The molecular weight excluding hydrogens is 1910 g/mol. The lowest BCUT2D eigenvalue weighted by Gasteiger charge is -2.41. The van der Waals surface area contributed by atoms with Gasteiger partial charge in [0.2, 0.25) is 0 Å². The molecule has 31 heteroatoms. The minimum atomic E-state index is -0.505. The van der Waals surface area contributed by atoms with Gasteiger partial charge in [0.05, 0.1) is 84.4 Å². The predicted molar refractivity (Wildman–Crippen MR) is 590 cm³/mol. The summed E-state index contributed by atoms with van der Waals surface area (Å²) >= 11 is 6.12. The van der Waals surface area contributed by atoms with E-state index < -0.39 is 5.41 Å². The zero-order chi connectivity index (χ0) is 104. The number of likely N-dealkylation sites (tertiary alicyclic amines) is 3. The second kappa shape index (κ2) is 41.3. The van der Waals surface area contributed by atoms with Gasteiger partial charge in [0, 0.05) is 233 Å². The van der Waals surface area contributed by atoms with E-state index in [-0.39, 0.29) is 58.1 Å². The Morgan fingerprint density at radius 2 is 0.760 bits per heavy atom. The first-order chi connectivity index (χ1) is 72.5. The number of aliphatic hydroxyl groups excluding tert-OH is 2. The van der Waals surface area contributed by atoms with Crippen LogP contribution in [0.2, 0.25) is 5.02 Å². The summed E-state index contributed by atoms with van der Waals surface area (Å²) in [4.78, 5) is 113. The molecule has 15 aromatic rings. The van der Waals surface area contributed by atoms with E-state index in [9.17, 15) is 48.2 Å². The van der Waals surface area contributed by atoms with Gasteiger partial charge in [-0.1, -0.05) is 80.4 Å². The van der Waals surface area contributed by atoms with Crippen molar-refractivity contribution in [1.29, 1.82) is 10.5 Å². The van der Waals surface area contributed by atoms with Crippen LogP contribution in [0.4, 0.5) is 37.2 Å². The number of aliphatic hydroxyl groups is 2. The van der Waals surface area contributed by atoms with Gasteiger partial charge in [-0.2, -0.15) is 10.5 Å². The monoisotopic (exact) mass is 2030 g/mol. The summed E-state index contributed by atoms with van der Waals surface area (Å²) in [5.74, 6) is 2.90. The molecule has 770 valence electrons. The Bertz CT molecular complexity index is 7990. The number of nitrogens with zero attached hydrogens (tertiary/aromatic N) is 21. The van der Waals surface area contributed by atoms with E-state index in [1.54, 1.807) is 87.9 Å². The fraction of sp³-hybridized carbons (Fsp3) is 0.395. The molecular formula is C119H126ClF2N21O7. The average molecular weight is 2040 g/mol. The second-order valence-electron chi connectivity index (χ2n) is 44.1. The van der Waals surface area contributed by atoms with Crippen LogP contribution in [0.25, 0.3) is 111 Å². The number of fused-ring (bicyclic) bond motifs is 19. The Hall–Kier alpha value is -14.2. The molecule has 13 fully saturated rings. The molecule has 10 bridgehead atoms. The van der Waals surface area contributed by atoms with Gasteiger partial charge in [-0.25, -0.2) is 33.7 Å². The average Bonchev–Trinajstić information content (AvgIpc) is 1.36. The van der Waals surface area contributed by atoms with Crippen molar-refractivity contribution in [1.82, 2.24) is 67.4 Å². The highest BCUT2D eigenvalue weighted by molar-refractivity contribution is 6.30. The van der Waals surface area contributed by atoms with Crippen molar-refractivity contribution >= 4 is 94.6 Å². The zero-order valence-corrected chi connectivity index (χ0v) is 86.9. The molecule has 6 atom stereocenters. The van der Waals surface area contributed by atoms with Crippen molar-refractivity contribution in [3.63, 3.8) is 0 Å². The van der Waals surface area contributed by atoms with Crippen LogP contribution >= 0.6 is 11.6 Å². The van der Waals surface area contributed by atoms with Crippen LogP contribution in [-0.2, 0) is 34.2 Å². The van der Waals surface area contributed by atoms with Crippen LogP contribution in [0.15, 0.2) is 236 Å². The van der Waals surface area contributed by atoms with Crippen molar-refractivity contribution < 1.29 is 19.0 Å². The summed E-state index contributed by atoms with van der Waals surface area (Å²) < 4.78 is 35.2. The molecule has 2 saturated carbocycles. The van der Waals surface area contributed by atoms with Gasteiger partial charge in [-0.15, -0.1) is 0 Å². The molecule has 0 amide bonds. The summed E-state index contributed by atoms with van der Waals surface area (Å²) in [5, 5.41) is 42.3. The first-order valence-electron chi connectivity index (χ1n) is 52.8. The van der Waals surface area contributed by atoms with Crippen LogP contribution in [0.5, 0.6) is 0 Å². The van der Waals surface area contributed by atoms with E-state index in [2.05, 4.69) is 107 Å². The van der Waals surface area contributed by atoms with E-state index >= 15 is 0 Å². The highest BCUT2D eigenvalue weighted by Crippen LogP contribution is 2.45. The van der Waals surface area contributed by atoms with Crippen LogP contribution in [0.3, 0.4) is 0 Å². The molecule has 0 radical (unpaired) electrons. The summed E-state index contributed by atoms with van der Waals surface area (Å²) in [5.41, 5.74) is 12.4. The van der Waals surface area contributed by atoms with Gasteiger partial charge in [0.1, 0.15) is 40.8 Å². The molecule has 10 aromatic carbocycles. The maximum atomic E-state index is 14.0. The van der Waals surface area contributed by atoms with Gasteiger partial charge >= 0.3 is 0 Å². The third kappa shape index (κ3) is 19.6. The number of piperazine rings is 3. The van der Waals surface area contributed by atoms with E-state index in [1.165, 1.54) is 80.2 Å². The SMILES string of the molecule is CC(C)(CO)Cn1c(-c2ccc(F)cc2)nc2ccc(N3CCC4CCC3CC4)cc2c1=O.CN1C[C@@H]2C[C@H]1CN2c1ccc2nc(-c3cccc(C#N)c3)n(C)c(=O)c2c1.CN1C[C@@H]2C[C@H]1CN2c1ccc2nc(-c3cccc(Cl)c3)n(C)c(=O)c2c1.CN1C[C@@H]2C[C@H]1CN2c1ccc2nc(-c3cccc(F)c3)n(C)c(=O)c2c1.N#Cc1cccc(-c2nc3ccc(N4CCN5CCC4CC5)cc3c(=O)n2CC2(CO)CCC2)c1. The normalized spacial score (nSPS) is 21.9. The van der Waals surface area contributed by atoms with Crippen LogP contribution in [-0.4, -0.2) is 232 Å². The Labute approximate surface area is 874 Å². The Morgan fingerprint density at radius 1 is 0.373 bits per heavy atom. The Morgan fingerprint density at radius 3 is 1.16 bits per heavy atom. The van der Waals surface area contributed by atoms with Gasteiger partial charge in [-0.3, -0.25) is 61.5 Å². The predicted octanol–water partition coefficient (Wildman–Crippen LogP) is 16.5. The minimum Gasteiger partial charge on any atom is -0.396 e. The largest absolute Gasteiger partial charge is 0.396 e. The Balaban J connectivity index is 0.000000106. The summed E-state index contributed by atoms with van der Waals surface area (Å²) in [6.07, 6.45) is 15.0. The van der Waals surface area contributed by atoms with Crippen LogP contribution < -0.4 is 52.3 Å². The molecule has 2 aliphatic carbocycles. The number of rotatable bonds is 16. The third-order valence-electron chi connectivity index (χ3n) is 34.0. The molecule has 28 rings (SSSR count). The van der Waals surface area contributed by atoms with Crippen molar-refractivity contribution in [3.05, 3.63) is 292 Å². The number of hydrogen-bond acceptors (Lipinski definition) is 23. The standard InChI is InChI=1S/C28H31N5O2.C27H32FN3O2.C22H21N5O.C21H21ClN4O.C21H21FN4O/c29-17-20-3-1-4-21(15-20)26-30-25-6-5-23(32-14-13-31-11-7-22(32)8-12-31)16-24(25)27(35)33(26)18-28(19-34)9-2-10-28;1-27(2,17-32)16-31-25(19-5-7-20(28)8-6-19)29-24-12-11-22(15-23(24)26(31)33)30-14-13-18-3-9-21(30)10-4-18;1-25-12-18-9-17(25)13-27(18)16-6-7-20-19(10-16)22(28)26(2)21(24-20)15-5-3-4-14(8-15)11-23;2*1-24-11-17-9-16(24)12-26(17)15-6-7-19-18(10-15)21(27)25(2)20(23-19)13-4-3-5-14(22)8-13/h1,3-6,15-16,22,34H,2,7-14,18-19H2;5-8,11-12,15,18,21,32H,3-4,9-10,13-14,16-17H2,1-2H3;3-8,10,17-18H,9,12-13H2,1-2H3;2*3-8,10,16-17H,9,11-12H2,1-2H3/t;;17-,18-;2*16-,17-/m..000/s1. The van der Waals surface area contributed by atoms with E-state index in [4.69, 9.17) is 36.8 Å².